The molecule has 0 aliphatic carbocycles. The molecule has 3 heterocycles. The van der Waals surface area contributed by atoms with Gasteiger partial charge in [0.05, 0.1) is 41.9 Å². The molecule has 0 atom stereocenters. The number of pyridine rings is 1. The van der Waals surface area contributed by atoms with Gasteiger partial charge in [-0.05, 0) is 31.2 Å². The van der Waals surface area contributed by atoms with Gasteiger partial charge in [-0.15, -0.1) is 0 Å². The second kappa shape index (κ2) is 8.45. The second-order valence-electron chi connectivity index (χ2n) is 7.38. The van der Waals surface area contributed by atoms with Crippen LogP contribution in [0.3, 0.4) is 0 Å². The minimum atomic E-state index is -4.46. The third-order valence-corrected chi connectivity index (χ3v) is 4.94. The normalized spacial score (nSPS) is 13.3. The lowest BCUT2D eigenvalue weighted by Gasteiger charge is -2.32. The van der Waals surface area contributed by atoms with Crippen LogP contribution in [0.1, 0.15) is 17.0 Å². The molecular weight excluding hydrogens is 423 g/mol. The van der Waals surface area contributed by atoms with Crippen molar-refractivity contribution < 1.29 is 22.7 Å². The number of rotatable bonds is 3. The number of benzene rings is 1. The van der Waals surface area contributed by atoms with Crippen LogP contribution in [0.2, 0.25) is 0 Å². The number of carbonyl (C=O) groups is 1. The Labute approximate surface area is 182 Å². The van der Waals surface area contributed by atoms with Crippen molar-refractivity contribution in [3.8, 4) is 17.0 Å². The maximum atomic E-state index is 13.1. The monoisotopic (exact) mass is 443 g/mol. The molecule has 0 saturated heterocycles. The van der Waals surface area contributed by atoms with Crippen LogP contribution >= 0.6 is 0 Å². The van der Waals surface area contributed by atoms with E-state index in [9.17, 15) is 18.0 Å². The van der Waals surface area contributed by atoms with Crippen LogP contribution in [0.25, 0.3) is 11.3 Å². The Balaban J connectivity index is 1.61. The van der Waals surface area contributed by atoms with E-state index < -0.39 is 11.7 Å². The third-order valence-electron chi connectivity index (χ3n) is 4.94. The van der Waals surface area contributed by atoms with Crippen molar-refractivity contribution in [2.24, 2.45) is 0 Å². The summed E-state index contributed by atoms with van der Waals surface area (Å²) in [5.41, 5.74) is 1.24. The molecule has 2 aromatic heterocycles. The Morgan fingerprint density at radius 1 is 1.19 bits per heavy atom. The summed E-state index contributed by atoms with van der Waals surface area (Å²) >= 11 is 0. The zero-order chi connectivity index (χ0) is 22.9. The van der Waals surface area contributed by atoms with E-state index in [0.717, 1.165) is 17.8 Å². The zero-order valence-corrected chi connectivity index (χ0v) is 17.4. The van der Waals surface area contributed by atoms with Crippen molar-refractivity contribution in [2.75, 3.05) is 25.1 Å². The molecule has 1 aliphatic heterocycles. The maximum absolute atomic E-state index is 13.1. The first-order valence-corrected chi connectivity index (χ1v) is 9.84. The number of halogens is 3. The van der Waals surface area contributed by atoms with E-state index in [0.29, 0.717) is 22.7 Å². The van der Waals surface area contributed by atoms with Gasteiger partial charge in [0, 0.05) is 18.8 Å². The van der Waals surface area contributed by atoms with E-state index in [1.807, 2.05) is 6.92 Å². The van der Waals surface area contributed by atoms with E-state index in [1.165, 1.54) is 15.9 Å². The number of urea groups is 1. The number of nitrogens with zero attached hydrogens (tertiary/aromatic N) is 5. The summed E-state index contributed by atoms with van der Waals surface area (Å²) in [4.78, 5) is 29.0. The van der Waals surface area contributed by atoms with Crippen molar-refractivity contribution >= 4 is 11.8 Å². The lowest BCUT2D eigenvalue weighted by atomic mass is 10.1. The molecule has 166 valence electrons. The standard InChI is InChI=1S/C22H20F3N5O2/c1-14-11-27-17(12-26-14)13-29(2)21(31)30-8-9-32-19-7-6-18(28-20(19)30)15-4-3-5-16(10-15)22(23,24)25/h3-7,10-12H,8-9,13H2,1-2H3. The summed E-state index contributed by atoms with van der Waals surface area (Å²) in [6, 6.07) is 7.77. The Hall–Kier alpha value is -3.69. The summed E-state index contributed by atoms with van der Waals surface area (Å²) in [5, 5.41) is 0. The minimum absolute atomic E-state index is 0.242. The highest BCUT2D eigenvalue weighted by Crippen LogP contribution is 2.35. The van der Waals surface area contributed by atoms with Crippen molar-refractivity contribution in [1.29, 1.82) is 0 Å². The molecule has 10 heteroatoms. The van der Waals surface area contributed by atoms with Gasteiger partial charge in [0.2, 0.25) is 0 Å². The molecule has 7 nitrogen and oxygen atoms in total. The van der Waals surface area contributed by atoms with Crippen LogP contribution in [0.4, 0.5) is 23.8 Å². The average molecular weight is 443 g/mol. The predicted molar refractivity (Wildman–Crippen MR) is 111 cm³/mol. The number of alkyl halides is 3. The number of ether oxygens (including phenoxy) is 1. The van der Waals surface area contributed by atoms with E-state index in [-0.39, 0.29) is 31.5 Å². The summed E-state index contributed by atoms with van der Waals surface area (Å²) in [6.07, 6.45) is -1.23. The Morgan fingerprint density at radius 2 is 2.00 bits per heavy atom. The number of hydrogen-bond donors (Lipinski definition) is 0. The van der Waals surface area contributed by atoms with Gasteiger partial charge >= 0.3 is 12.2 Å². The second-order valence-corrected chi connectivity index (χ2v) is 7.38. The molecule has 0 fully saturated rings. The molecule has 3 aromatic rings. The van der Waals surface area contributed by atoms with Crippen molar-refractivity contribution in [3.05, 3.63) is 65.7 Å². The lowest BCUT2D eigenvalue weighted by Crippen LogP contribution is -2.45. The molecule has 0 N–H and O–H groups in total. The zero-order valence-electron chi connectivity index (χ0n) is 17.4. The Bertz CT molecular complexity index is 1140. The van der Waals surface area contributed by atoms with Gasteiger partial charge in [0.1, 0.15) is 6.61 Å². The van der Waals surface area contributed by atoms with Crippen LogP contribution in [0, 0.1) is 6.92 Å². The highest BCUT2D eigenvalue weighted by Gasteiger charge is 2.31. The smallest absolute Gasteiger partial charge is 0.416 e. The van der Waals surface area contributed by atoms with Crippen molar-refractivity contribution in [1.82, 2.24) is 19.9 Å². The molecule has 0 unspecified atom stereocenters. The molecule has 0 radical (unpaired) electrons. The van der Waals surface area contributed by atoms with Crippen molar-refractivity contribution in [3.63, 3.8) is 0 Å². The average Bonchev–Trinajstić information content (AvgIpc) is 2.79. The third kappa shape index (κ3) is 4.48. The molecule has 2 amide bonds. The fourth-order valence-corrected chi connectivity index (χ4v) is 3.31. The Morgan fingerprint density at radius 3 is 2.72 bits per heavy atom. The van der Waals surface area contributed by atoms with E-state index in [1.54, 1.807) is 37.6 Å². The SMILES string of the molecule is Cc1cnc(CN(C)C(=O)N2CCOc3ccc(-c4cccc(C(F)(F)F)c4)nc32)cn1. The summed E-state index contributed by atoms with van der Waals surface area (Å²) in [7, 11) is 1.63. The quantitative estimate of drug-likeness (QED) is 0.603. The predicted octanol–water partition coefficient (Wildman–Crippen LogP) is 4.32. The van der Waals surface area contributed by atoms with Gasteiger partial charge in [0.15, 0.2) is 11.6 Å². The van der Waals surface area contributed by atoms with Gasteiger partial charge in [-0.25, -0.2) is 9.78 Å². The van der Waals surface area contributed by atoms with Crippen molar-refractivity contribution in [2.45, 2.75) is 19.6 Å². The largest absolute Gasteiger partial charge is 0.488 e. The highest BCUT2D eigenvalue weighted by molar-refractivity contribution is 5.93. The number of hydrogen-bond acceptors (Lipinski definition) is 5. The number of aryl methyl sites for hydroxylation is 1. The van der Waals surface area contributed by atoms with E-state index in [2.05, 4.69) is 15.0 Å². The molecule has 0 spiro atoms. The van der Waals surface area contributed by atoms with E-state index in [4.69, 9.17) is 4.74 Å². The minimum Gasteiger partial charge on any atom is -0.488 e. The highest BCUT2D eigenvalue weighted by atomic mass is 19.4. The molecule has 1 aliphatic rings. The number of aromatic nitrogens is 3. The molecule has 32 heavy (non-hydrogen) atoms. The summed E-state index contributed by atoms with van der Waals surface area (Å²) in [5.74, 6) is 0.654. The van der Waals surface area contributed by atoms with E-state index >= 15 is 0 Å². The van der Waals surface area contributed by atoms with Crippen LogP contribution in [-0.2, 0) is 12.7 Å². The molecule has 0 bridgehead atoms. The van der Waals surface area contributed by atoms with Gasteiger partial charge < -0.3 is 9.64 Å². The van der Waals surface area contributed by atoms with Gasteiger partial charge in [-0.2, -0.15) is 13.2 Å². The van der Waals surface area contributed by atoms with Crippen LogP contribution < -0.4 is 9.64 Å². The fraction of sp³-hybridized carbons (Fsp3) is 0.273. The molecule has 4 rings (SSSR count). The Kier molecular flexibility index (Phi) is 5.68. The fourth-order valence-electron chi connectivity index (χ4n) is 3.31. The van der Waals surface area contributed by atoms with Crippen LogP contribution in [0.5, 0.6) is 5.75 Å². The number of carbonyl (C=O) groups excluding carboxylic acids is 1. The molecule has 0 saturated carbocycles. The number of amides is 2. The molecular formula is C22H20F3N5O2. The first kappa shape index (κ1) is 21.5. The van der Waals surface area contributed by atoms with Crippen LogP contribution in [-0.4, -0.2) is 46.1 Å². The van der Waals surface area contributed by atoms with Gasteiger partial charge in [-0.3, -0.25) is 14.9 Å². The van der Waals surface area contributed by atoms with Crippen LogP contribution in [0.15, 0.2) is 48.8 Å². The summed E-state index contributed by atoms with van der Waals surface area (Å²) in [6.45, 7) is 2.60. The first-order chi connectivity index (χ1) is 15.2. The lowest BCUT2D eigenvalue weighted by molar-refractivity contribution is -0.137. The van der Waals surface area contributed by atoms with Gasteiger partial charge in [-0.1, -0.05) is 12.1 Å². The number of fused-ring (bicyclic) bond motifs is 1. The maximum Gasteiger partial charge on any atom is 0.416 e. The van der Waals surface area contributed by atoms with Gasteiger partial charge in [0.25, 0.3) is 0 Å². The summed E-state index contributed by atoms with van der Waals surface area (Å²) < 4.78 is 44.9. The topological polar surface area (TPSA) is 71.5 Å². The number of anilines is 1. The first-order valence-electron chi connectivity index (χ1n) is 9.84. The molecule has 1 aromatic carbocycles.